The summed E-state index contributed by atoms with van der Waals surface area (Å²) in [6.07, 6.45) is 4.62. The van der Waals surface area contributed by atoms with E-state index < -0.39 is 0 Å². The molecule has 0 aliphatic carbocycles. The zero-order valence-corrected chi connectivity index (χ0v) is 7.86. The lowest BCUT2D eigenvalue weighted by atomic mass is 10.2. The lowest BCUT2D eigenvalue weighted by Crippen LogP contribution is -1.84. The first-order valence-electron chi connectivity index (χ1n) is 4.27. The van der Waals surface area contributed by atoms with Crippen LogP contribution in [-0.4, -0.2) is 7.11 Å². The lowest BCUT2D eigenvalue weighted by molar-refractivity contribution is 0.289. The van der Waals surface area contributed by atoms with E-state index in [0.29, 0.717) is 0 Å². The molecule has 0 N–H and O–H groups in total. The van der Waals surface area contributed by atoms with Gasteiger partial charge in [-0.15, -0.1) is 6.58 Å². The standard InChI is InChI=1S/C12H14O/c1-3-7-12(13-2)10-11-8-5-4-6-9-11/h3-6,8-10H,1,7H2,2H3/b12-10+. The molecule has 1 aromatic carbocycles. The smallest absolute Gasteiger partial charge is 0.0998 e. The van der Waals surface area contributed by atoms with Crippen molar-refractivity contribution < 1.29 is 4.74 Å². The normalized spacial score (nSPS) is 11.0. The molecule has 68 valence electrons. The molecule has 0 spiro atoms. The molecule has 0 saturated heterocycles. The molecule has 0 unspecified atom stereocenters. The van der Waals surface area contributed by atoms with E-state index in [1.165, 1.54) is 0 Å². The quantitative estimate of drug-likeness (QED) is 0.503. The van der Waals surface area contributed by atoms with Crippen molar-refractivity contribution in [3.63, 3.8) is 0 Å². The monoisotopic (exact) mass is 174 g/mol. The van der Waals surface area contributed by atoms with Crippen LogP contribution in [0.1, 0.15) is 12.0 Å². The van der Waals surface area contributed by atoms with Crippen LogP contribution in [0.2, 0.25) is 0 Å². The van der Waals surface area contributed by atoms with E-state index in [2.05, 4.69) is 6.58 Å². The van der Waals surface area contributed by atoms with Crippen LogP contribution in [-0.2, 0) is 4.74 Å². The van der Waals surface area contributed by atoms with Crippen LogP contribution in [0.3, 0.4) is 0 Å². The highest BCUT2D eigenvalue weighted by Gasteiger charge is 1.92. The molecule has 1 heteroatoms. The van der Waals surface area contributed by atoms with Gasteiger partial charge < -0.3 is 4.74 Å². The molecule has 0 atom stereocenters. The molecule has 0 radical (unpaired) electrons. The Hall–Kier alpha value is -1.50. The summed E-state index contributed by atoms with van der Waals surface area (Å²) in [5.74, 6) is 0.932. The number of ether oxygens (including phenoxy) is 1. The summed E-state index contributed by atoms with van der Waals surface area (Å²) in [5.41, 5.74) is 1.15. The molecule has 1 nitrogen and oxygen atoms in total. The third kappa shape index (κ3) is 3.16. The first kappa shape index (κ1) is 9.59. The van der Waals surface area contributed by atoms with E-state index in [1.54, 1.807) is 7.11 Å². The Morgan fingerprint density at radius 2 is 2.08 bits per heavy atom. The average molecular weight is 174 g/mol. The van der Waals surface area contributed by atoms with Crippen molar-refractivity contribution in [1.29, 1.82) is 0 Å². The van der Waals surface area contributed by atoms with Gasteiger partial charge in [-0.1, -0.05) is 36.4 Å². The molecule has 0 aliphatic heterocycles. The Morgan fingerprint density at radius 3 is 2.62 bits per heavy atom. The predicted molar refractivity (Wildman–Crippen MR) is 56.2 cm³/mol. The number of rotatable bonds is 4. The molecule has 13 heavy (non-hydrogen) atoms. The van der Waals surface area contributed by atoms with Crippen LogP contribution in [0.15, 0.2) is 48.7 Å². The summed E-state index contributed by atoms with van der Waals surface area (Å²) in [4.78, 5) is 0. The zero-order valence-electron chi connectivity index (χ0n) is 7.86. The second-order valence-corrected chi connectivity index (χ2v) is 2.72. The van der Waals surface area contributed by atoms with Crippen molar-refractivity contribution in [3.8, 4) is 0 Å². The van der Waals surface area contributed by atoms with E-state index in [9.17, 15) is 0 Å². The minimum Gasteiger partial charge on any atom is -0.501 e. The summed E-state index contributed by atoms with van der Waals surface area (Å²) in [7, 11) is 1.68. The van der Waals surface area contributed by atoms with Crippen LogP contribution in [0, 0.1) is 0 Å². The Bertz CT molecular complexity index is 285. The zero-order chi connectivity index (χ0) is 9.52. The van der Waals surface area contributed by atoms with Crippen molar-refractivity contribution in [2.45, 2.75) is 6.42 Å². The fourth-order valence-corrected chi connectivity index (χ4v) is 1.08. The topological polar surface area (TPSA) is 9.23 Å². The van der Waals surface area contributed by atoms with Gasteiger partial charge in [-0.25, -0.2) is 0 Å². The summed E-state index contributed by atoms with van der Waals surface area (Å²) in [6, 6.07) is 10.1. The van der Waals surface area contributed by atoms with Gasteiger partial charge in [-0.3, -0.25) is 0 Å². The Morgan fingerprint density at radius 1 is 1.38 bits per heavy atom. The molecular weight excluding hydrogens is 160 g/mol. The molecule has 1 aromatic rings. The van der Waals surface area contributed by atoms with Gasteiger partial charge in [0.1, 0.15) is 0 Å². The van der Waals surface area contributed by atoms with Crippen molar-refractivity contribution in [1.82, 2.24) is 0 Å². The van der Waals surface area contributed by atoms with Gasteiger partial charge >= 0.3 is 0 Å². The van der Waals surface area contributed by atoms with Gasteiger partial charge in [0.25, 0.3) is 0 Å². The molecular formula is C12H14O. The molecule has 0 heterocycles. The molecule has 0 saturated carbocycles. The summed E-state index contributed by atoms with van der Waals surface area (Å²) >= 11 is 0. The van der Waals surface area contributed by atoms with E-state index in [1.807, 2.05) is 42.5 Å². The van der Waals surface area contributed by atoms with Gasteiger partial charge in [0, 0.05) is 6.42 Å². The predicted octanol–water partition coefficient (Wildman–Crippen LogP) is 3.25. The highest BCUT2D eigenvalue weighted by Crippen LogP contribution is 2.10. The van der Waals surface area contributed by atoms with Crippen LogP contribution in [0.25, 0.3) is 6.08 Å². The maximum atomic E-state index is 5.18. The maximum Gasteiger partial charge on any atom is 0.0998 e. The van der Waals surface area contributed by atoms with Crippen molar-refractivity contribution in [2.75, 3.05) is 7.11 Å². The molecule has 0 amide bonds. The van der Waals surface area contributed by atoms with Gasteiger partial charge in [-0.05, 0) is 11.6 Å². The van der Waals surface area contributed by atoms with Gasteiger partial charge in [0.2, 0.25) is 0 Å². The van der Waals surface area contributed by atoms with E-state index >= 15 is 0 Å². The van der Waals surface area contributed by atoms with Crippen LogP contribution in [0.5, 0.6) is 0 Å². The van der Waals surface area contributed by atoms with Crippen LogP contribution >= 0.6 is 0 Å². The minimum atomic E-state index is 0.769. The lowest BCUT2D eigenvalue weighted by Gasteiger charge is -2.02. The fourth-order valence-electron chi connectivity index (χ4n) is 1.08. The average Bonchev–Trinajstić information content (AvgIpc) is 2.19. The van der Waals surface area contributed by atoms with Crippen molar-refractivity contribution in [2.24, 2.45) is 0 Å². The molecule has 0 fully saturated rings. The second-order valence-electron chi connectivity index (χ2n) is 2.72. The van der Waals surface area contributed by atoms with Gasteiger partial charge in [-0.2, -0.15) is 0 Å². The first-order chi connectivity index (χ1) is 6.36. The van der Waals surface area contributed by atoms with Crippen LogP contribution in [0.4, 0.5) is 0 Å². The number of hydrogen-bond acceptors (Lipinski definition) is 1. The third-order valence-electron chi connectivity index (χ3n) is 1.73. The van der Waals surface area contributed by atoms with Crippen molar-refractivity contribution in [3.05, 3.63) is 54.3 Å². The largest absolute Gasteiger partial charge is 0.501 e. The van der Waals surface area contributed by atoms with E-state index in [-0.39, 0.29) is 0 Å². The highest BCUT2D eigenvalue weighted by molar-refractivity contribution is 5.51. The fraction of sp³-hybridized carbons (Fsp3) is 0.167. The third-order valence-corrected chi connectivity index (χ3v) is 1.73. The Balaban J connectivity index is 2.78. The number of methoxy groups -OCH3 is 1. The van der Waals surface area contributed by atoms with E-state index in [0.717, 1.165) is 17.7 Å². The molecule has 0 aliphatic rings. The Labute approximate surface area is 79.4 Å². The van der Waals surface area contributed by atoms with Gasteiger partial charge in [0.05, 0.1) is 12.9 Å². The molecule has 0 bridgehead atoms. The number of hydrogen-bond donors (Lipinski definition) is 0. The summed E-state index contributed by atoms with van der Waals surface area (Å²) in [5, 5.41) is 0. The SMILES string of the molecule is C=CC/C(=C\c1ccccc1)OC. The minimum absolute atomic E-state index is 0.769. The summed E-state index contributed by atoms with van der Waals surface area (Å²) in [6.45, 7) is 3.67. The summed E-state index contributed by atoms with van der Waals surface area (Å²) < 4.78 is 5.18. The highest BCUT2D eigenvalue weighted by atomic mass is 16.5. The van der Waals surface area contributed by atoms with Crippen molar-refractivity contribution >= 4 is 6.08 Å². The second kappa shape index (κ2) is 5.20. The number of benzene rings is 1. The van der Waals surface area contributed by atoms with Crippen LogP contribution < -0.4 is 0 Å². The maximum absolute atomic E-state index is 5.18. The number of allylic oxidation sites excluding steroid dienone is 1. The molecule has 0 aromatic heterocycles. The van der Waals surface area contributed by atoms with E-state index in [4.69, 9.17) is 4.74 Å². The Kier molecular flexibility index (Phi) is 3.83. The first-order valence-corrected chi connectivity index (χ1v) is 4.27. The molecule has 1 rings (SSSR count). The van der Waals surface area contributed by atoms with Gasteiger partial charge in [0.15, 0.2) is 0 Å².